The normalized spacial score (nSPS) is 11.0. The van der Waals surface area contributed by atoms with Crippen molar-refractivity contribution in [2.75, 3.05) is 0 Å². The van der Waals surface area contributed by atoms with Crippen LogP contribution in [0.5, 0.6) is 0 Å². The van der Waals surface area contributed by atoms with Crippen LogP contribution in [0, 0.1) is 6.07 Å². The van der Waals surface area contributed by atoms with Gasteiger partial charge >= 0.3 is 0 Å². The smallest absolute Gasteiger partial charge is 0.126 e. The summed E-state index contributed by atoms with van der Waals surface area (Å²) in [4.78, 5) is 6.00. The van der Waals surface area contributed by atoms with Crippen molar-refractivity contribution < 1.29 is 0 Å². The molecule has 0 spiro atoms. The molecule has 0 fully saturated rings. The summed E-state index contributed by atoms with van der Waals surface area (Å²) in [6, 6.07) is 28.4. The highest BCUT2D eigenvalue weighted by Gasteiger charge is 2.11. The third-order valence-corrected chi connectivity index (χ3v) is 5.75. The molecule has 1 radical (unpaired) electrons. The van der Waals surface area contributed by atoms with Crippen LogP contribution < -0.4 is 0 Å². The summed E-state index contributed by atoms with van der Waals surface area (Å²) in [5, 5.41) is 1.04. The first-order valence-corrected chi connectivity index (χ1v) is 9.24. The first-order chi connectivity index (χ1) is 11.4. The number of para-hydroxylation sites is 1. The minimum atomic E-state index is 0.955. The van der Waals surface area contributed by atoms with Crippen molar-refractivity contribution in [2.24, 2.45) is 0 Å². The Morgan fingerprint density at radius 2 is 1.74 bits per heavy atom. The molecular weight excluding hydrogens is 318 g/mol. The highest BCUT2D eigenvalue weighted by atomic mass is 32.2. The van der Waals surface area contributed by atoms with E-state index in [2.05, 4.69) is 60.7 Å². The molecule has 0 unspecified atom stereocenters. The van der Waals surface area contributed by atoms with E-state index in [1.165, 1.54) is 15.2 Å². The molecule has 111 valence electrons. The first kappa shape index (κ1) is 14.5. The van der Waals surface area contributed by atoms with Gasteiger partial charge in [0.25, 0.3) is 0 Å². The van der Waals surface area contributed by atoms with Gasteiger partial charge in [0.2, 0.25) is 0 Å². The van der Waals surface area contributed by atoms with Gasteiger partial charge < -0.3 is 0 Å². The highest BCUT2D eigenvalue weighted by molar-refractivity contribution is 7.98. The molecule has 1 aromatic heterocycles. The Labute approximate surface area is 144 Å². The molecule has 1 heterocycles. The van der Waals surface area contributed by atoms with Crippen LogP contribution in [0.1, 0.15) is 5.56 Å². The van der Waals surface area contributed by atoms with Gasteiger partial charge in [-0.15, -0.1) is 23.1 Å². The third kappa shape index (κ3) is 3.16. The first-order valence-electron chi connectivity index (χ1n) is 7.43. The van der Waals surface area contributed by atoms with E-state index in [-0.39, 0.29) is 0 Å². The van der Waals surface area contributed by atoms with Crippen LogP contribution in [0.2, 0.25) is 0 Å². The molecule has 0 saturated carbocycles. The van der Waals surface area contributed by atoms with Crippen molar-refractivity contribution in [3.05, 3.63) is 84.4 Å². The zero-order valence-electron chi connectivity index (χ0n) is 12.4. The lowest BCUT2D eigenvalue weighted by molar-refractivity contribution is 1.36. The molecule has 0 atom stereocenters. The van der Waals surface area contributed by atoms with Gasteiger partial charge in [-0.05, 0) is 29.8 Å². The number of aromatic nitrogens is 1. The predicted octanol–water partition coefficient (Wildman–Crippen LogP) is 6.06. The predicted molar refractivity (Wildman–Crippen MR) is 99.9 cm³/mol. The molecule has 0 aliphatic carbocycles. The van der Waals surface area contributed by atoms with Gasteiger partial charge in [0.15, 0.2) is 0 Å². The Morgan fingerprint density at radius 3 is 2.61 bits per heavy atom. The largest absolute Gasteiger partial charge is 0.236 e. The number of hydrogen-bond acceptors (Lipinski definition) is 3. The monoisotopic (exact) mass is 332 g/mol. The van der Waals surface area contributed by atoms with Crippen LogP contribution in [0.25, 0.3) is 20.8 Å². The van der Waals surface area contributed by atoms with Crippen molar-refractivity contribution in [3.63, 3.8) is 0 Å². The Balaban J connectivity index is 1.66. The van der Waals surface area contributed by atoms with Crippen LogP contribution in [-0.2, 0) is 5.75 Å². The second-order valence-corrected chi connectivity index (χ2v) is 7.22. The van der Waals surface area contributed by atoms with E-state index in [1.807, 2.05) is 30.0 Å². The standard InChI is InChI=1S/C20H14NS2/c1-2-8-15(9-3-1)14-22-18-12-6-4-10-16(18)20-21-17-11-5-7-13-19(17)23-20/h1-9,11-13H,14H2. The van der Waals surface area contributed by atoms with Crippen molar-refractivity contribution >= 4 is 33.3 Å². The molecule has 3 aromatic carbocycles. The molecule has 4 rings (SSSR count). The number of fused-ring (bicyclic) bond motifs is 1. The van der Waals surface area contributed by atoms with Crippen LogP contribution in [-0.4, -0.2) is 4.98 Å². The number of nitrogens with zero attached hydrogens (tertiary/aromatic N) is 1. The molecule has 0 amide bonds. The van der Waals surface area contributed by atoms with Crippen molar-refractivity contribution in [1.82, 2.24) is 4.98 Å². The third-order valence-electron chi connectivity index (χ3n) is 3.56. The summed E-state index contributed by atoms with van der Waals surface area (Å²) in [7, 11) is 0. The molecule has 1 nitrogen and oxygen atoms in total. The zero-order chi connectivity index (χ0) is 15.5. The summed E-state index contributed by atoms with van der Waals surface area (Å²) >= 11 is 3.57. The van der Waals surface area contributed by atoms with Gasteiger partial charge in [-0.2, -0.15) is 0 Å². The van der Waals surface area contributed by atoms with Gasteiger partial charge in [0.1, 0.15) is 5.01 Å². The van der Waals surface area contributed by atoms with E-state index >= 15 is 0 Å². The molecule has 0 N–H and O–H groups in total. The molecule has 0 saturated heterocycles. The fourth-order valence-corrected chi connectivity index (χ4v) is 4.47. The van der Waals surface area contributed by atoms with E-state index in [0.717, 1.165) is 21.8 Å². The lowest BCUT2D eigenvalue weighted by atomic mass is 10.2. The summed E-state index contributed by atoms with van der Waals surface area (Å²) in [6.45, 7) is 0. The van der Waals surface area contributed by atoms with Gasteiger partial charge in [-0.3, -0.25) is 0 Å². The Kier molecular flexibility index (Phi) is 4.14. The maximum Gasteiger partial charge on any atom is 0.126 e. The highest BCUT2D eigenvalue weighted by Crippen LogP contribution is 2.36. The van der Waals surface area contributed by atoms with Crippen LogP contribution in [0.4, 0.5) is 0 Å². The summed E-state index contributed by atoms with van der Waals surface area (Å²) in [5.41, 5.74) is 3.50. The average Bonchev–Trinajstić information content (AvgIpc) is 3.05. The summed E-state index contributed by atoms with van der Waals surface area (Å²) in [5.74, 6) is 0.955. The SMILES string of the molecule is [c]1cccc(SCc2ccccc2)c1-c1nc2ccccc2s1. The van der Waals surface area contributed by atoms with Gasteiger partial charge in [0, 0.05) is 16.2 Å². The molecule has 0 aliphatic rings. The number of thioether (sulfide) groups is 1. The number of rotatable bonds is 4. The number of benzene rings is 3. The maximum atomic E-state index is 4.77. The van der Waals surface area contributed by atoms with Crippen LogP contribution in [0.15, 0.2) is 77.7 Å². The topological polar surface area (TPSA) is 12.9 Å². The quantitative estimate of drug-likeness (QED) is 0.422. The van der Waals surface area contributed by atoms with Gasteiger partial charge in [0.05, 0.1) is 10.2 Å². The van der Waals surface area contributed by atoms with E-state index < -0.39 is 0 Å². The minimum Gasteiger partial charge on any atom is -0.236 e. The summed E-state index contributed by atoms with van der Waals surface area (Å²) < 4.78 is 1.22. The molecule has 0 bridgehead atoms. The number of hydrogen-bond donors (Lipinski definition) is 0. The molecule has 3 heteroatoms. The van der Waals surface area contributed by atoms with E-state index in [1.54, 1.807) is 11.3 Å². The van der Waals surface area contributed by atoms with Crippen molar-refractivity contribution in [1.29, 1.82) is 0 Å². The Hall–Kier alpha value is -2.10. The Bertz CT molecular complexity index is 895. The fraction of sp³-hybridized carbons (Fsp3) is 0.0500. The van der Waals surface area contributed by atoms with E-state index in [9.17, 15) is 0 Å². The second-order valence-electron chi connectivity index (χ2n) is 5.17. The second kappa shape index (κ2) is 6.57. The van der Waals surface area contributed by atoms with Crippen molar-refractivity contribution in [3.8, 4) is 10.6 Å². The lowest BCUT2D eigenvalue weighted by Crippen LogP contribution is -1.84. The minimum absolute atomic E-state index is 0.955. The summed E-state index contributed by atoms with van der Waals surface area (Å²) in [6.07, 6.45) is 0. The van der Waals surface area contributed by atoms with Crippen molar-refractivity contribution in [2.45, 2.75) is 10.6 Å². The van der Waals surface area contributed by atoms with Crippen LogP contribution >= 0.6 is 23.1 Å². The molecule has 0 aliphatic heterocycles. The lowest BCUT2D eigenvalue weighted by Gasteiger charge is -2.06. The average molecular weight is 332 g/mol. The molecule has 23 heavy (non-hydrogen) atoms. The Morgan fingerprint density at radius 1 is 0.913 bits per heavy atom. The number of thiazole rings is 1. The van der Waals surface area contributed by atoms with E-state index in [4.69, 9.17) is 4.98 Å². The maximum absolute atomic E-state index is 4.77. The molecule has 4 aromatic rings. The van der Waals surface area contributed by atoms with Gasteiger partial charge in [-0.25, -0.2) is 4.98 Å². The zero-order valence-corrected chi connectivity index (χ0v) is 14.0. The van der Waals surface area contributed by atoms with Crippen LogP contribution in [0.3, 0.4) is 0 Å². The van der Waals surface area contributed by atoms with E-state index in [0.29, 0.717) is 0 Å². The van der Waals surface area contributed by atoms with Gasteiger partial charge in [-0.1, -0.05) is 54.6 Å². The molecular formula is C20H14NS2. The fourth-order valence-electron chi connectivity index (χ4n) is 2.42.